The zero-order chi connectivity index (χ0) is 21.8. The number of rotatable bonds is 7. The second-order valence-corrected chi connectivity index (χ2v) is 9.21. The van der Waals surface area contributed by atoms with Crippen molar-refractivity contribution in [2.75, 3.05) is 20.0 Å². The van der Waals surface area contributed by atoms with Crippen molar-refractivity contribution in [3.8, 4) is 0 Å². The van der Waals surface area contributed by atoms with Crippen LogP contribution in [0.2, 0.25) is 0 Å². The summed E-state index contributed by atoms with van der Waals surface area (Å²) < 4.78 is 53.4. The number of hydrogen-bond acceptors (Lipinski definition) is 8. The molecule has 0 radical (unpaired) electrons. The molecule has 0 aliphatic carbocycles. The molecule has 4 rings (SSSR count). The third kappa shape index (κ3) is 5.50. The Morgan fingerprint density at radius 3 is 2.35 bits per heavy atom. The van der Waals surface area contributed by atoms with Crippen LogP contribution in [-0.2, 0) is 39.8 Å². The van der Waals surface area contributed by atoms with Crippen molar-refractivity contribution >= 4 is 10.1 Å². The summed E-state index contributed by atoms with van der Waals surface area (Å²) in [4.78, 5) is 0. The van der Waals surface area contributed by atoms with Crippen LogP contribution in [0.25, 0.3) is 0 Å². The Balaban J connectivity index is 1.59. The third-order valence-corrected chi connectivity index (χ3v) is 5.89. The van der Waals surface area contributed by atoms with Gasteiger partial charge in [-0.3, -0.25) is 4.18 Å². The Morgan fingerprint density at radius 1 is 1.03 bits per heavy atom. The van der Waals surface area contributed by atoms with Crippen LogP contribution in [0.3, 0.4) is 0 Å². The molecule has 0 bridgehead atoms. The van der Waals surface area contributed by atoms with Crippen molar-refractivity contribution in [2.24, 2.45) is 0 Å². The molecule has 2 aromatic rings. The van der Waals surface area contributed by atoms with Crippen LogP contribution in [0.15, 0.2) is 60.7 Å². The Morgan fingerprint density at radius 2 is 1.71 bits per heavy atom. The Labute approximate surface area is 182 Å². The molecule has 2 aliphatic rings. The summed E-state index contributed by atoms with van der Waals surface area (Å²) >= 11 is 0. The fourth-order valence-corrected chi connectivity index (χ4v) is 4.55. The quantitative estimate of drug-likeness (QED) is 0.642. The van der Waals surface area contributed by atoms with Crippen LogP contribution in [0.1, 0.15) is 17.4 Å². The first-order valence-corrected chi connectivity index (χ1v) is 11.9. The highest BCUT2D eigenvalue weighted by Gasteiger charge is 2.52. The molecule has 2 aliphatic heterocycles. The minimum absolute atomic E-state index is 0.221. The van der Waals surface area contributed by atoms with Crippen LogP contribution in [0, 0.1) is 0 Å². The predicted octanol–water partition coefficient (Wildman–Crippen LogP) is 1.98. The molecular weight excluding hydrogens is 422 g/mol. The van der Waals surface area contributed by atoms with E-state index >= 15 is 0 Å². The average Bonchev–Trinajstić information content (AvgIpc) is 2.78. The Hall–Kier alpha value is -1.85. The number of ether oxygens (including phenoxy) is 4. The molecule has 0 spiro atoms. The maximum Gasteiger partial charge on any atom is 0.264 e. The van der Waals surface area contributed by atoms with E-state index in [9.17, 15) is 8.42 Å². The lowest BCUT2D eigenvalue weighted by Crippen LogP contribution is -2.66. The topological polar surface area (TPSA) is 92.3 Å². The zero-order valence-electron chi connectivity index (χ0n) is 17.4. The fourth-order valence-electron chi connectivity index (χ4n) is 3.92. The van der Waals surface area contributed by atoms with Gasteiger partial charge in [0, 0.05) is 19.2 Å². The van der Waals surface area contributed by atoms with Gasteiger partial charge in [-0.25, -0.2) is 0 Å². The smallest absolute Gasteiger partial charge is 0.264 e. The number of benzene rings is 2. The summed E-state index contributed by atoms with van der Waals surface area (Å²) in [5.41, 5.74) is 1.87. The van der Waals surface area contributed by atoms with Gasteiger partial charge in [-0.05, 0) is 5.56 Å². The predicted molar refractivity (Wildman–Crippen MR) is 112 cm³/mol. The maximum absolute atomic E-state index is 12.1. The van der Waals surface area contributed by atoms with Crippen LogP contribution in [0.4, 0.5) is 0 Å². The molecule has 0 amide bonds. The van der Waals surface area contributed by atoms with E-state index in [0.717, 1.165) is 17.4 Å². The maximum atomic E-state index is 12.1. The summed E-state index contributed by atoms with van der Waals surface area (Å²) in [6.07, 6.45) is -2.43. The molecule has 31 heavy (non-hydrogen) atoms. The first kappa shape index (κ1) is 22.3. The van der Waals surface area contributed by atoms with Gasteiger partial charge in [0.25, 0.3) is 10.1 Å². The van der Waals surface area contributed by atoms with Crippen LogP contribution in [-0.4, -0.2) is 59.0 Å². The molecule has 168 valence electrons. The summed E-state index contributed by atoms with van der Waals surface area (Å²) in [6, 6.07) is 18.6. The zero-order valence-corrected chi connectivity index (χ0v) is 18.2. The normalized spacial score (nSPS) is 31.2. The molecule has 0 saturated carbocycles. The highest BCUT2D eigenvalue weighted by molar-refractivity contribution is 7.86. The summed E-state index contributed by atoms with van der Waals surface area (Å²) in [5, 5.41) is 3.34. The molecule has 0 aromatic heterocycles. The molecule has 0 unspecified atom stereocenters. The molecule has 2 fully saturated rings. The van der Waals surface area contributed by atoms with Gasteiger partial charge >= 0.3 is 0 Å². The SMILES string of the molecule is CO[C@@H]1O[C@H]2CO[C@H](c3ccccc3)O[C@@H]2[C@@H](OS(C)(=O)=O)[C@H]1NCc1ccccc1. The molecule has 9 heteroatoms. The van der Waals surface area contributed by atoms with E-state index in [0.29, 0.717) is 6.54 Å². The standard InChI is InChI=1S/C22H27NO7S/c1-26-22-18(23-13-15-9-5-3-6-10-15)20(30-31(2,24)25)19-17(28-22)14-27-21(29-19)16-11-7-4-8-12-16/h3-12,17-23H,13-14H2,1-2H3/t17-,18+,19-,20-,21-,22+/m0/s1. The number of hydrogen-bond donors (Lipinski definition) is 1. The van der Waals surface area contributed by atoms with Gasteiger partial charge in [0.2, 0.25) is 0 Å². The first-order valence-electron chi connectivity index (χ1n) is 10.1. The van der Waals surface area contributed by atoms with Gasteiger partial charge < -0.3 is 24.3 Å². The van der Waals surface area contributed by atoms with E-state index in [1.807, 2.05) is 60.7 Å². The summed E-state index contributed by atoms with van der Waals surface area (Å²) in [5.74, 6) is 0. The van der Waals surface area contributed by atoms with Crippen molar-refractivity contribution in [2.45, 2.75) is 43.5 Å². The molecule has 2 heterocycles. The minimum atomic E-state index is -3.78. The van der Waals surface area contributed by atoms with Crippen molar-refractivity contribution in [1.82, 2.24) is 5.32 Å². The second-order valence-electron chi connectivity index (χ2n) is 7.61. The molecule has 2 aromatic carbocycles. The summed E-state index contributed by atoms with van der Waals surface area (Å²) in [7, 11) is -2.26. The molecule has 1 N–H and O–H groups in total. The van der Waals surface area contributed by atoms with Crippen molar-refractivity contribution in [3.63, 3.8) is 0 Å². The van der Waals surface area contributed by atoms with E-state index in [2.05, 4.69) is 5.32 Å². The van der Waals surface area contributed by atoms with Crippen LogP contribution >= 0.6 is 0 Å². The first-order chi connectivity index (χ1) is 14.9. The van der Waals surface area contributed by atoms with Gasteiger partial charge in [-0.2, -0.15) is 8.42 Å². The molecule has 6 atom stereocenters. The average molecular weight is 450 g/mol. The Bertz CT molecular complexity index is 935. The monoisotopic (exact) mass is 449 g/mol. The largest absolute Gasteiger partial charge is 0.354 e. The van der Waals surface area contributed by atoms with Gasteiger partial charge in [0.05, 0.1) is 18.9 Å². The number of fused-ring (bicyclic) bond motifs is 1. The third-order valence-electron chi connectivity index (χ3n) is 5.31. The van der Waals surface area contributed by atoms with Gasteiger partial charge in [-0.1, -0.05) is 60.7 Å². The highest BCUT2D eigenvalue weighted by atomic mass is 32.2. The van der Waals surface area contributed by atoms with Gasteiger partial charge in [0.15, 0.2) is 12.6 Å². The lowest BCUT2D eigenvalue weighted by molar-refractivity contribution is -0.338. The Kier molecular flexibility index (Phi) is 7.02. The second kappa shape index (κ2) is 9.74. The van der Waals surface area contributed by atoms with Gasteiger partial charge in [-0.15, -0.1) is 0 Å². The summed E-state index contributed by atoms with van der Waals surface area (Å²) in [6.45, 7) is 0.702. The van der Waals surface area contributed by atoms with E-state index < -0.39 is 47.1 Å². The van der Waals surface area contributed by atoms with Crippen molar-refractivity contribution < 1.29 is 31.5 Å². The molecule has 8 nitrogen and oxygen atoms in total. The molecular formula is C22H27NO7S. The van der Waals surface area contributed by atoms with Gasteiger partial charge in [0.1, 0.15) is 18.3 Å². The van der Waals surface area contributed by atoms with E-state index in [4.69, 9.17) is 23.1 Å². The lowest BCUT2D eigenvalue weighted by Gasteiger charge is -2.48. The number of nitrogens with one attached hydrogen (secondary N) is 1. The van der Waals surface area contributed by atoms with Crippen molar-refractivity contribution in [3.05, 3.63) is 71.8 Å². The van der Waals surface area contributed by atoms with E-state index in [1.165, 1.54) is 7.11 Å². The van der Waals surface area contributed by atoms with Crippen LogP contribution in [0.5, 0.6) is 0 Å². The van der Waals surface area contributed by atoms with E-state index in [-0.39, 0.29) is 6.61 Å². The minimum Gasteiger partial charge on any atom is -0.354 e. The van der Waals surface area contributed by atoms with E-state index in [1.54, 1.807) is 0 Å². The lowest BCUT2D eigenvalue weighted by atomic mass is 9.95. The fraction of sp³-hybridized carbons (Fsp3) is 0.455. The molecule has 2 saturated heterocycles. The van der Waals surface area contributed by atoms with Crippen molar-refractivity contribution in [1.29, 1.82) is 0 Å². The number of methoxy groups -OCH3 is 1. The van der Waals surface area contributed by atoms with Crippen LogP contribution < -0.4 is 5.32 Å². The highest BCUT2D eigenvalue weighted by Crippen LogP contribution is 2.36.